The number of aromatic nitrogens is 1. The largest absolute Gasteiger partial charge is 0.239 e. The van der Waals surface area contributed by atoms with Crippen LogP contribution >= 0.6 is 23.1 Å². The SMILES string of the molecule is [CH2]Sc1nc(-c2cccs2)ccc1C#N. The van der Waals surface area contributed by atoms with Crippen molar-refractivity contribution in [3.63, 3.8) is 0 Å². The fraction of sp³-hybridized carbons (Fsp3) is 0. The molecule has 2 nitrogen and oxygen atoms in total. The van der Waals surface area contributed by atoms with Crippen molar-refractivity contribution >= 4 is 23.1 Å². The second-order valence-corrected chi connectivity index (χ2v) is 4.41. The van der Waals surface area contributed by atoms with E-state index < -0.39 is 0 Å². The van der Waals surface area contributed by atoms with Crippen molar-refractivity contribution in [3.8, 4) is 16.6 Å². The van der Waals surface area contributed by atoms with Crippen LogP contribution < -0.4 is 0 Å². The first kappa shape index (κ1) is 10.2. The molecule has 0 aliphatic rings. The molecule has 15 heavy (non-hydrogen) atoms. The maximum absolute atomic E-state index is 8.84. The van der Waals surface area contributed by atoms with Gasteiger partial charge in [-0.2, -0.15) is 5.26 Å². The number of hydrogen-bond donors (Lipinski definition) is 0. The summed E-state index contributed by atoms with van der Waals surface area (Å²) < 4.78 is 0. The summed E-state index contributed by atoms with van der Waals surface area (Å²) in [4.78, 5) is 5.50. The smallest absolute Gasteiger partial charge is 0.115 e. The predicted molar refractivity (Wildman–Crippen MR) is 63.5 cm³/mol. The quantitative estimate of drug-likeness (QED) is 0.741. The lowest BCUT2D eigenvalue weighted by Crippen LogP contribution is -1.87. The molecule has 2 aromatic heterocycles. The van der Waals surface area contributed by atoms with Gasteiger partial charge in [0.25, 0.3) is 0 Å². The topological polar surface area (TPSA) is 36.7 Å². The molecule has 0 unspecified atom stereocenters. The Kier molecular flexibility index (Phi) is 3.05. The number of pyridine rings is 1. The molecular weight excluding hydrogens is 224 g/mol. The molecule has 4 heteroatoms. The first-order chi connectivity index (χ1) is 7.35. The summed E-state index contributed by atoms with van der Waals surface area (Å²) in [7, 11) is 0. The summed E-state index contributed by atoms with van der Waals surface area (Å²) >= 11 is 2.89. The molecule has 2 heterocycles. The van der Waals surface area contributed by atoms with E-state index in [-0.39, 0.29) is 0 Å². The number of rotatable bonds is 2. The van der Waals surface area contributed by atoms with Crippen LogP contribution in [0, 0.1) is 17.6 Å². The first-order valence-corrected chi connectivity index (χ1v) is 6.08. The van der Waals surface area contributed by atoms with Gasteiger partial charge in [-0.15, -0.1) is 23.1 Å². The van der Waals surface area contributed by atoms with Crippen LogP contribution in [0.5, 0.6) is 0 Å². The zero-order valence-electron chi connectivity index (χ0n) is 7.80. The molecule has 0 atom stereocenters. The van der Waals surface area contributed by atoms with Gasteiger partial charge in [0.1, 0.15) is 11.1 Å². The fourth-order valence-electron chi connectivity index (χ4n) is 1.20. The summed E-state index contributed by atoms with van der Waals surface area (Å²) in [6.07, 6.45) is 3.69. The van der Waals surface area contributed by atoms with Crippen LogP contribution in [0.3, 0.4) is 0 Å². The van der Waals surface area contributed by atoms with Crippen LogP contribution in [0.1, 0.15) is 5.56 Å². The van der Waals surface area contributed by atoms with Gasteiger partial charge in [0.05, 0.1) is 16.1 Å². The van der Waals surface area contributed by atoms with Crippen LogP contribution in [0.25, 0.3) is 10.6 Å². The Bertz CT molecular complexity index is 498. The number of thioether (sulfide) groups is 1. The van der Waals surface area contributed by atoms with Crippen molar-refractivity contribution in [3.05, 3.63) is 41.5 Å². The monoisotopic (exact) mass is 231 g/mol. The van der Waals surface area contributed by atoms with Gasteiger partial charge in [-0.3, -0.25) is 0 Å². The number of nitrogens with zero attached hydrogens (tertiary/aromatic N) is 2. The highest BCUT2D eigenvalue weighted by Gasteiger charge is 2.06. The molecule has 0 bridgehead atoms. The standard InChI is InChI=1S/C11H7N2S2/c1-14-11-8(7-12)4-5-9(13-11)10-3-2-6-15-10/h2-6H,1H2. The highest BCUT2D eigenvalue weighted by Crippen LogP contribution is 2.27. The Hall–Kier alpha value is -1.31. The van der Waals surface area contributed by atoms with E-state index in [1.807, 2.05) is 23.6 Å². The molecule has 0 amide bonds. The van der Waals surface area contributed by atoms with E-state index in [0.29, 0.717) is 10.6 Å². The van der Waals surface area contributed by atoms with Gasteiger partial charge in [0.15, 0.2) is 0 Å². The molecule has 2 aromatic rings. The second-order valence-electron chi connectivity index (χ2n) is 2.78. The lowest BCUT2D eigenvalue weighted by atomic mass is 10.2. The van der Waals surface area contributed by atoms with E-state index in [9.17, 15) is 0 Å². The van der Waals surface area contributed by atoms with Crippen molar-refractivity contribution in [1.29, 1.82) is 5.26 Å². The molecule has 2 rings (SSSR count). The van der Waals surface area contributed by atoms with Gasteiger partial charge >= 0.3 is 0 Å². The van der Waals surface area contributed by atoms with Crippen molar-refractivity contribution in [1.82, 2.24) is 4.98 Å². The molecule has 0 fully saturated rings. The van der Waals surface area contributed by atoms with Crippen molar-refractivity contribution in [2.75, 3.05) is 0 Å². The van der Waals surface area contributed by atoms with Gasteiger partial charge in [-0.25, -0.2) is 4.98 Å². The zero-order chi connectivity index (χ0) is 10.7. The van der Waals surface area contributed by atoms with Crippen molar-refractivity contribution in [2.24, 2.45) is 0 Å². The highest BCUT2D eigenvalue weighted by atomic mass is 32.2. The third-order valence-electron chi connectivity index (χ3n) is 1.89. The van der Waals surface area contributed by atoms with E-state index >= 15 is 0 Å². The fourth-order valence-corrected chi connectivity index (χ4v) is 2.32. The molecule has 0 spiro atoms. The Morgan fingerprint density at radius 3 is 2.87 bits per heavy atom. The van der Waals surface area contributed by atoms with Gasteiger partial charge in [0, 0.05) is 6.26 Å². The highest BCUT2D eigenvalue weighted by molar-refractivity contribution is 8.00. The molecular formula is C11H7N2S2. The molecule has 0 N–H and O–H groups in total. The average Bonchev–Trinajstić information content (AvgIpc) is 2.81. The minimum atomic E-state index is 0.579. The molecule has 0 aromatic carbocycles. The summed E-state index contributed by atoms with van der Waals surface area (Å²) in [5.41, 5.74) is 1.48. The Labute approximate surface area is 96.6 Å². The molecule has 0 saturated carbocycles. The van der Waals surface area contributed by atoms with Crippen LogP contribution in [0.15, 0.2) is 34.7 Å². The van der Waals surface area contributed by atoms with Gasteiger partial charge in [-0.1, -0.05) is 6.07 Å². The predicted octanol–water partition coefficient (Wildman–Crippen LogP) is 3.57. The first-order valence-electron chi connectivity index (χ1n) is 4.22. The van der Waals surface area contributed by atoms with Crippen LogP contribution in [0.4, 0.5) is 0 Å². The summed E-state index contributed by atoms with van der Waals surface area (Å²) in [6.45, 7) is 0. The second kappa shape index (κ2) is 4.47. The lowest BCUT2D eigenvalue weighted by Gasteiger charge is -2.01. The molecule has 73 valence electrons. The van der Waals surface area contributed by atoms with E-state index in [1.165, 1.54) is 11.8 Å². The molecule has 0 saturated heterocycles. The third kappa shape index (κ3) is 2.04. The molecule has 0 aliphatic carbocycles. The maximum atomic E-state index is 8.84. The maximum Gasteiger partial charge on any atom is 0.115 e. The zero-order valence-corrected chi connectivity index (χ0v) is 9.44. The lowest BCUT2D eigenvalue weighted by molar-refractivity contribution is 1.13. The summed E-state index contributed by atoms with van der Waals surface area (Å²) in [5, 5.41) is 11.5. The van der Waals surface area contributed by atoms with Crippen molar-refractivity contribution < 1.29 is 0 Å². The summed E-state index contributed by atoms with van der Waals surface area (Å²) in [5.74, 6) is 0. The minimum absolute atomic E-state index is 0.579. The number of nitriles is 1. The van der Waals surface area contributed by atoms with E-state index in [0.717, 1.165) is 10.6 Å². The van der Waals surface area contributed by atoms with Gasteiger partial charge in [0.2, 0.25) is 0 Å². The van der Waals surface area contributed by atoms with E-state index in [4.69, 9.17) is 5.26 Å². The Morgan fingerprint density at radius 1 is 1.40 bits per heavy atom. The third-order valence-corrected chi connectivity index (χ3v) is 3.37. The molecule has 1 radical (unpaired) electrons. The van der Waals surface area contributed by atoms with Gasteiger partial charge < -0.3 is 0 Å². The normalized spacial score (nSPS) is 9.87. The number of thiophene rings is 1. The number of hydrogen-bond acceptors (Lipinski definition) is 4. The van der Waals surface area contributed by atoms with E-state index in [1.54, 1.807) is 17.4 Å². The summed E-state index contributed by atoms with van der Waals surface area (Å²) in [6, 6.07) is 9.75. The van der Waals surface area contributed by atoms with E-state index in [2.05, 4.69) is 17.3 Å². The van der Waals surface area contributed by atoms with Gasteiger partial charge in [-0.05, 0) is 23.6 Å². The van der Waals surface area contributed by atoms with Crippen LogP contribution in [0.2, 0.25) is 0 Å². The van der Waals surface area contributed by atoms with Crippen LogP contribution in [-0.4, -0.2) is 4.98 Å². The minimum Gasteiger partial charge on any atom is -0.239 e. The molecule has 0 aliphatic heterocycles. The Morgan fingerprint density at radius 2 is 2.27 bits per heavy atom. The van der Waals surface area contributed by atoms with Crippen molar-refractivity contribution in [2.45, 2.75) is 5.03 Å². The average molecular weight is 231 g/mol. The Balaban J connectivity index is 2.49. The van der Waals surface area contributed by atoms with Crippen LogP contribution in [-0.2, 0) is 0 Å².